The number of hydrogen-bond donors (Lipinski definition) is 3. The summed E-state index contributed by atoms with van der Waals surface area (Å²) in [6.45, 7) is 6.09. The number of nitrogens with one attached hydrogen (secondary N) is 2. The number of benzene rings is 1. The molecule has 0 aromatic heterocycles. The van der Waals surface area contributed by atoms with Crippen LogP contribution in [0.2, 0.25) is 0 Å². The zero-order valence-electron chi connectivity index (χ0n) is 12.6. The Morgan fingerprint density at radius 3 is 2.75 bits per heavy atom. The lowest BCUT2D eigenvalue weighted by atomic mass is 10.2. The van der Waals surface area contributed by atoms with Gasteiger partial charge in [0, 0.05) is 24.0 Å². The number of urea groups is 1. The van der Waals surface area contributed by atoms with E-state index >= 15 is 0 Å². The van der Waals surface area contributed by atoms with Crippen molar-refractivity contribution < 1.29 is 4.79 Å². The minimum Gasteiger partial charge on any atom is -0.399 e. The molecule has 5 heteroatoms. The number of nitrogens with zero attached hydrogens (tertiary/aromatic N) is 1. The molecule has 0 aliphatic heterocycles. The van der Waals surface area contributed by atoms with Gasteiger partial charge in [-0.3, -0.25) is 0 Å². The van der Waals surface area contributed by atoms with Crippen molar-refractivity contribution in [2.24, 2.45) is 0 Å². The van der Waals surface area contributed by atoms with Gasteiger partial charge in [0.1, 0.15) is 0 Å². The van der Waals surface area contributed by atoms with E-state index in [0.29, 0.717) is 24.0 Å². The highest BCUT2D eigenvalue weighted by atomic mass is 16.2. The van der Waals surface area contributed by atoms with Crippen molar-refractivity contribution in [2.75, 3.05) is 31.2 Å². The van der Waals surface area contributed by atoms with Crippen LogP contribution >= 0.6 is 0 Å². The van der Waals surface area contributed by atoms with Gasteiger partial charge >= 0.3 is 6.03 Å². The summed E-state index contributed by atoms with van der Waals surface area (Å²) in [5, 5.41) is 5.60. The fourth-order valence-corrected chi connectivity index (χ4v) is 1.74. The summed E-state index contributed by atoms with van der Waals surface area (Å²) >= 11 is 0. The summed E-state index contributed by atoms with van der Waals surface area (Å²) in [4.78, 5) is 14.0. The largest absolute Gasteiger partial charge is 0.399 e. The SMILES string of the molecule is CC(C)N(C)CCCCNC(=O)Nc1cccc(N)c1. The Balaban J connectivity index is 2.15. The lowest BCUT2D eigenvalue weighted by Crippen LogP contribution is -2.31. The molecule has 1 aromatic carbocycles. The number of carbonyl (C=O) groups is 1. The van der Waals surface area contributed by atoms with Crippen LogP contribution in [0.1, 0.15) is 26.7 Å². The van der Waals surface area contributed by atoms with Crippen LogP contribution in [0.3, 0.4) is 0 Å². The van der Waals surface area contributed by atoms with Gasteiger partial charge < -0.3 is 21.3 Å². The molecule has 1 rings (SSSR count). The Bertz CT molecular complexity index is 420. The second-order valence-corrected chi connectivity index (χ2v) is 5.29. The molecule has 0 aliphatic carbocycles. The molecule has 2 amide bonds. The lowest BCUT2D eigenvalue weighted by Gasteiger charge is -2.20. The molecule has 20 heavy (non-hydrogen) atoms. The Hall–Kier alpha value is -1.75. The molecular weight excluding hydrogens is 252 g/mol. The maximum Gasteiger partial charge on any atom is 0.319 e. The smallest absolute Gasteiger partial charge is 0.319 e. The number of carbonyl (C=O) groups excluding carboxylic acids is 1. The third-order valence-electron chi connectivity index (χ3n) is 3.25. The number of rotatable bonds is 7. The van der Waals surface area contributed by atoms with Crippen LogP contribution in [0.15, 0.2) is 24.3 Å². The van der Waals surface area contributed by atoms with Crippen molar-refractivity contribution in [3.05, 3.63) is 24.3 Å². The van der Waals surface area contributed by atoms with E-state index in [1.165, 1.54) is 0 Å². The minimum atomic E-state index is -0.187. The quantitative estimate of drug-likeness (QED) is 0.530. The fraction of sp³-hybridized carbons (Fsp3) is 0.533. The van der Waals surface area contributed by atoms with Gasteiger partial charge in [-0.15, -0.1) is 0 Å². The molecule has 4 N–H and O–H groups in total. The number of nitrogens with two attached hydrogens (primary N) is 1. The van der Waals surface area contributed by atoms with Gasteiger partial charge in [0.25, 0.3) is 0 Å². The van der Waals surface area contributed by atoms with Crippen molar-refractivity contribution in [3.63, 3.8) is 0 Å². The van der Waals surface area contributed by atoms with Crippen molar-refractivity contribution >= 4 is 17.4 Å². The molecule has 0 saturated heterocycles. The zero-order chi connectivity index (χ0) is 15.0. The molecular formula is C15H26N4O. The number of anilines is 2. The zero-order valence-corrected chi connectivity index (χ0v) is 12.6. The summed E-state index contributed by atoms with van der Waals surface area (Å²) in [5.41, 5.74) is 7.00. The number of nitrogen functional groups attached to an aromatic ring is 1. The number of amides is 2. The van der Waals surface area contributed by atoms with E-state index in [2.05, 4.69) is 36.4 Å². The standard InChI is InChI=1S/C15H26N4O/c1-12(2)19(3)10-5-4-9-17-15(20)18-14-8-6-7-13(16)11-14/h6-8,11-12H,4-5,9-10,16H2,1-3H3,(H2,17,18,20). The highest BCUT2D eigenvalue weighted by molar-refractivity contribution is 5.89. The molecule has 0 spiro atoms. The predicted molar refractivity (Wildman–Crippen MR) is 84.9 cm³/mol. The summed E-state index contributed by atoms with van der Waals surface area (Å²) in [6.07, 6.45) is 2.05. The summed E-state index contributed by atoms with van der Waals surface area (Å²) in [7, 11) is 2.12. The molecule has 0 heterocycles. The first-order chi connectivity index (χ1) is 9.49. The highest BCUT2D eigenvalue weighted by Crippen LogP contribution is 2.11. The van der Waals surface area contributed by atoms with Crippen LogP contribution in [-0.2, 0) is 0 Å². The van der Waals surface area contributed by atoms with E-state index in [-0.39, 0.29) is 6.03 Å². The average molecular weight is 278 g/mol. The van der Waals surface area contributed by atoms with Crippen molar-refractivity contribution in [1.82, 2.24) is 10.2 Å². The highest BCUT2D eigenvalue weighted by Gasteiger charge is 2.03. The van der Waals surface area contributed by atoms with Gasteiger partial charge in [-0.2, -0.15) is 0 Å². The second-order valence-electron chi connectivity index (χ2n) is 5.29. The third-order valence-corrected chi connectivity index (χ3v) is 3.25. The topological polar surface area (TPSA) is 70.4 Å². The molecule has 0 saturated carbocycles. The first kappa shape index (κ1) is 16.3. The van der Waals surface area contributed by atoms with Gasteiger partial charge in [0.2, 0.25) is 0 Å². The summed E-state index contributed by atoms with van der Waals surface area (Å²) in [6, 6.07) is 7.52. The van der Waals surface area contributed by atoms with Gasteiger partial charge in [0.15, 0.2) is 0 Å². The van der Waals surface area contributed by atoms with Crippen LogP contribution in [0.5, 0.6) is 0 Å². The van der Waals surface area contributed by atoms with Crippen molar-refractivity contribution in [1.29, 1.82) is 0 Å². The van der Waals surface area contributed by atoms with Crippen LogP contribution < -0.4 is 16.4 Å². The molecule has 112 valence electrons. The van der Waals surface area contributed by atoms with E-state index in [1.807, 2.05) is 12.1 Å². The Kier molecular flexibility index (Phi) is 6.87. The van der Waals surface area contributed by atoms with Gasteiger partial charge in [-0.05, 0) is 58.5 Å². The normalized spacial score (nSPS) is 10.8. The summed E-state index contributed by atoms with van der Waals surface area (Å²) in [5.74, 6) is 0. The molecule has 0 fully saturated rings. The van der Waals surface area contributed by atoms with Gasteiger partial charge in [-0.25, -0.2) is 4.79 Å². The maximum absolute atomic E-state index is 11.7. The van der Waals surface area contributed by atoms with Gasteiger partial charge in [0.05, 0.1) is 0 Å². The number of hydrogen-bond acceptors (Lipinski definition) is 3. The van der Waals surface area contributed by atoms with Crippen LogP contribution in [0, 0.1) is 0 Å². The van der Waals surface area contributed by atoms with E-state index < -0.39 is 0 Å². The molecule has 0 atom stereocenters. The van der Waals surface area contributed by atoms with Crippen molar-refractivity contribution in [3.8, 4) is 0 Å². The predicted octanol–water partition coefficient (Wildman–Crippen LogP) is 2.51. The van der Waals surface area contributed by atoms with E-state index in [1.54, 1.807) is 12.1 Å². The molecule has 0 bridgehead atoms. The van der Waals surface area contributed by atoms with E-state index in [0.717, 1.165) is 19.4 Å². The molecule has 0 aliphatic rings. The van der Waals surface area contributed by atoms with Crippen LogP contribution in [-0.4, -0.2) is 37.1 Å². The Labute approximate surface area is 121 Å². The monoisotopic (exact) mass is 278 g/mol. The second kappa shape index (κ2) is 8.43. The third kappa shape index (κ3) is 6.43. The average Bonchev–Trinajstić information content (AvgIpc) is 2.37. The molecule has 0 radical (unpaired) electrons. The minimum absolute atomic E-state index is 0.187. The first-order valence-corrected chi connectivity index (χ1v) is 7.09. The number of unbranched alkanes of at least 4 members (excludes halogenated alkanes) is 1. The lowest BCUT2D eigenvalue weighted by molar-refractivity contribution is 0.250. The summed E-state index contributed by atoms with van der Waals surface area (Å²) < 4.78 is 0. The Morgan fingerprint density at radius 1 is 1.35 bits per heavy atom. The van der Waals surface area contributed by atoms with Crippen LogP contribution in [0.4, 0.5) is 16.2 Å². The van der Waals surface area contributed by atoms with E-state index in [9.17, 15) is 4.79 Å². The van der Waals surface area contributed by atoms with Gasteiger partial charge in [-0.1, -0.05) is 6.07 Å². The molecule has 5 nitrogen and oxygen atoms in total. The maximum atomic E-state index is 11.7. The first-order valence-electron chi connectivity index (χ1n) is 7.09. The Morgan fingerprint density at radius 2 is 2.10 bits per heavy atom. The van der Waals surface area contributed by atoms with Crippen molar-refractivity contribution in [2.45, 2.75) is 32.7 Å². The molecule has 1 aromatic rings. The fourth-order valence-electron chi connectivity index (χ4n) is 1.74. The molecule has 0 unspecified atom stereocenters. The van der Waals surface area contributed by atoms with E-state index in [4.69, 9.17) is 5.73 Å². The van der Waals surface area contributed by atoms with Crippen LogP contribution in [0.25, 0.3) is 0 Å².